The monoisotopic (exact) mass is 520 g/mol. The van der Waals surface area contributed by atoms with Crippen LogP contribution in [0.15, 0.2) is 0 Å². The first-order valence-electron chi connectivity index (χ1n) is 12.3. The Hall–Kier alpha value is -2.92. The van der Waals surface area contributed by atoms with Gasteiger partial charge in [-0.2, -0.15) is 0 Å². The van der Waals surface area contributed by atoms with Crippen molar-refractivity contribution in [3.8, 4) is 0 Å². The van der Waals surface area contributed by atoms with E-state index in [1.165, 1.54) is 0 Å². The van der Waals surface area contributed by atoms with Crippen molar-refractivity contribution in [1.29, 1.82) is 0 Å². The molecule has 12 heteroatoms. The van der Waals surface area contributed by atoms with Crippen LogP contribution in [0.2, 0.25) is 0 Å². The van der Waals surface area contributed by atoms with Crippen LogP contribution in [-0.2, 0) is 18.9 Å². The molecule has 0 aromatic carbocycles. The minimum Gasteiger partial charge on any atom is -0.449 e. The highest BCUT2D eigenvalue weighted by molar-refractivity contribution is 5.68. The van der Waals surface area contributed by atoms with Gasteiger partial charge in [0.15, 0.2) is 0 Å². The Morgan fingerprint density at radius 1 is 0.639 bits per heavy atom. The van der Waals surface area contributed by atoms with Crippen LogP contribution in [0.25, 0.3) is 0 Å². The van der Waals surface area contributed by atoms with E-state index < -0.39 is 35.2 Å². The van der Waals surface area contributed by atoms with E-state index >= 15 is 0 Å². The number of carbonyl (C=O) groups excluding carboxylic acids is 4. The molecule has 0 saturated heterocycles. The number of hydrogen-bond acceptors (Lipinski definition) is 8. The van der Waals surface area contributed by atoms with Gasteiger partial charge in [0.2, 0.25) is 0 Å². The van der Waals surface area contributed by atoms with Crippen molar-refractivity contribution in [3.63, 3.8) is 0 Å². The summed E-state index contributed by atoms with van der Waals surface area (Å²) < 4.78 is 19.8. The second kappa shape index (κ2) is 18.4. The molecule has 0 fully saturated rings. The molecule has 0 bridgehead atoms. The summed E-state index contributed by atoms with van der Waals surface area (Å²) in [6.07, 6.45) is 0.775. The maximum Gasteiger partial charge on any atom is 0.407 e. The fraction of sp³-hybridized carbons (Fsp3) is 0.833. The highest BCUT2D eigenvalue weighted by Crippen LogP contribution is 2.25. The second-order valence-electron chi connectivity index (χ2n) is 10.1. The van der Waals surface area contributed by atoms with Crippen molar-refractivity contribution in [3.05, 3.63) is 0 Å². The lowest BCUT2D eigenvalue weighted by Crippen LogP contribution is -2.37. The van der Waals surface area contributed by atoms with Crippen LogP contribution in [0.3, 0.4) is 0 Å². The first-order chi connectivity index (χ1) is 16.6. The Kier molecular flexibility index (Phi) is 18.0. The van der Waals surface area contributed by atoms with Crippen molar-refractivity contribution in [2.24, 2.45) is 22.3 Å². The van der Waals surface area contributed by atoms with Crippen molar-refractivity contribution >= 4 is 24.4 Å². The molecule has 2 unspecified atom stereocenters. The lowest BCUT2D eigenvalue weighted by molar-refractivity contribution is 0.0327. The topological polar surface area (TPSA) is 181 Å². The minimum atomic E-state index is -0.816. The largest absolute Gasteiger partial charge is 0.449 e. The molecule has 0 aromatic rings. The van der Waals surface area contributed by atoms with Gasteiger partial charge in [-0.3, -0.25) is 0 Å². The molecular formula is C24H48N4O8. The van der Waals surface area contributed by atoms with E-state index in [0.29, 0.717) is 0 Å². The lowest BCUT2D eigenvalue weighted by Gasteiger charge is -2.27. The van der Waals surface area contributed by atoms with Gasteiger partial charge in [-0.25, -0.2) is 19.2 Å². The van der Waals surface area contributed by atoms with Crippen LogP contribution in [0.5, 0.6) is 0 Å². The first-order valence-corrected chi connectivity index (χ1v) is 12.3. The Bertz CT molecular complexity index is 619. The van der Waals surface area contributed by atoms with E-state index in [4.69, 9.17) is 30.4 Å². The van der Waals surface area contributed by atoms with E-state index in [2.05, 4.69) is 10.6 Å². The zero-order chi connectivity index (χ0) is 28.4. The SMILES string of the molecule is CCCC(C)(COC(N)=O)COC(=O)NC(C)C.CCCC(C)(COC(N)=O)COC(=O)NC(C)C. The number of amides is 4. The highest BCUT2D eigenvalue weighted by atomic mass is 16.6. The molecule has 0 heterocycles. The smallest absolute Gasteiger partial charge is 0.407 e. The zero-order valence-corrected chi connectivity index (χ0v) is 23.2. The van der Waals surface area contributed by atoms with Crippen LogP contribution in [0, 0.1) is 10.8 Å². The Labute approximate surface area is 215 Å². The summed E-state index contributed by atoms with van der Waals surface area (Å²) >= 11 is 0. The molecule has 0 saturated carbocycles. The molecule has 212 valence electrons. The number of ether oxygens (including phenoxy) is 4. The molecule has 36 heavy (non-hydrogen) atoms. The molecule has 0 aliphatic heterocycles. The number of primary amides is 2. The summed E-state index contributed by atoms with van der Waals surface area (Å²) in [5.41, 5.74) is 9.06. The van der Waals surface area contributed by atoms with Crippen molar-refractivity contribution in [2.45, 2.75) is 93.2 Å². The van der Waals surface area contributed by atoms with E-state index in [0.717, 1.165) is 25.7 Å². The lowest BCUT2D eigenvalue weighted by atomic mass is 9.87. The first kappa shape index (κ1) is 35.2. The highest BCUT2D eigenvalue weighted by Gasteiger charge is 2.28. The van der Waals surface area contributed by atoms with Crippen LogP contribution in [0.1, 0.15) is 81.1 Å². The molecule has 12 nitrogen and oxygen atoms in total. The summed E-state index contributed by atoms with van der Waals surface area (Å²) in [5.74, 6) is 0. The van der Waals surface area contributed by atoms with Gasteiger partial charge in [0.25, 0.3) is 0 Å². The van der Waals surface area contributed by atoms with Gasteiger partial charge in [-0.05, 0) is 40.5 Å². The van der Waals surface area contributed by atoms with E-state index in [1.807, 2.05) is 55.4 Å². The molecule has 0 aromatic heterocycles. The number of carbonyl (C=O) groups is 4. The third-order valence-corrected chi connectivity index (χ3v) is 4.75. The summed E-state index contributed by atoms with van der Waals surface area (Å²) in [5, 5.41) is 5.26. The van der Waals surface area contributed by atoms with Crippen molar-refractivity contribution in [1.82, 2.24) is 10.6 Å². The normalized spacial score (nSPS) is 13.8. The van der Waals surface area contributed by atoms with Gasteiger partial charge in [-0.1, -0.05) is 40.5 Å². The average Bonchev–Trinajstić information content (AvgIpc) is 2.74. The van der Waals surface area contributed by atoms with Crippen LogP contribution < -0.4 is 22.1 Å². The van der Waals surface area contributed by atoms with Crippen LogP contribution >= 0.6 is 0 Å². The molecule has 0 spiro atoms. The Morgan fingerprint density at radius 2 is 0.917 bits per heavy atom. The van der Waals surface area contributed by atoms with Gasteiger partial charge < -0.3 is 41.0 Å². The summed E-state index contributed by atoms with van der Waals surface area (Å²) in [4.78, 5) is 44.0. The molecule has 0 rings (SSSR count). The summed E-state index contributed by atoms with van der Waals surface area (Å²) in [7, 11) is 0. The number of nitrogens with one attached hydrogen (secondary N) is 2. The molecular weight excluding hydrogens is 472 g/mol. The van der Waals surface area contributed by atoms with Gasteiger partial charge in [0.05, 0.1) is 0 Å². The van der Waals surface area contributed by atoms with Crippen molar-refractivity contribution in [2.75, 3.05) is 26.4 Å². The summed E-state index contributed by atoms with van der Waals surface area (Å²) in [6, 6.07) is 0.0496. The average molecular weight is 521 g/mol. The maximum absolute atomic E-state index is 11.4. The summed E-state index contributed by atoms with van der Waals surface area (Å²) in [6.45, 7) is 15.9. The molecule has 2 atom stereocenters. The number of rotatable bonds is 14. The van der Waals surface area contributed by atoms with Crippen LogP contribution in [0.4, 0.5) is 19.2 Å². The number of alkyl carbamates (subject to hydrolysis) is 2. The van der Waals surface area contributed by atoms with Gasteiger partial charge in [0, 0.05) is 22.9 Å². The third-order valence-electron chi connectivity index (χ3n) is 4.75. The molecule has 6 N–H and O–H groups in total. The predicted octanol–water partition coefficient (Wildman–Crippen LogP) is 4.05. The maximum atomic E-state index is 11.4. The quantitative estimate of drug-likeness (QED) is 0.247. The minimum absolute atomic E-state index is 0.0248. The van der Waals surface area contributed by atoms with Gasteiger partial charge >= 0.3 is 24.4 Å². The fourth-order valence-corrected chi connectivity index (χ4v) is 3.10. The third kappa shape index (κ3) is 20.5. The molecule has 0 radical (unpaired) electrons. The van der Waals surface area contributed by atoms with E-state index in [9.17, 15) is 19.2 Å². The number of hydrogen-bond donors (Lipinski definition) is 4. The van der Waals surface area contributed by atoms with Crippen molar-refractivity contribution < 1.29 is 38.1 Å². The molecule has 0 aliphatic carbocycles. The Balaban J connectivity index is 0. The second-order valence-corrected chi connectivity index (χ2v) is 10.1. The zero-order valence-electron chi connectivity index (χ0n) is 23.2. The van der Waals surface area contributed by atoms with Gasteiger partial charge in [0.1, 0.15) is 26.4 Å². The standard InChI is InChI=1S/2C12H24N2O4/c2*1-5-6-12(4,7-17-10(13)15)8-18-11(16)14-9(2)3/h2*9H,5-8H2,1-4H3,(H2,13,15)(H,14,16). The van der Waals surface area contributed by atoms with E-state index in [-0.39, 0.29) is 38.5 Å². The number of nitrogens with two attached hydrogens (primary N) is 2. The van der Waals surface area contributed by atoms with Crippen LogP contribution in [-0.4, -0.2) is 62.9 Å². The molecule has 4 amide bonds. The van der Waals surface area contributed by atoms with Gasteiger partial charge in [-0.15, -0.1) is 0 Å². The Morgan fingerprint density at radius 3 is 1.14 bits per heavy atom. The fourth-order valence-electron chi connectivity index (χ4n) is 3.10. The van der Waals surface area contributed by atoms with E-state index in [1.54, 1.807) is 0 Å². The molecule has 0 aliphatic rings. The predicted molar refractivity (Wildman–Crippen MR) is 136 cm³/mol.